The Bertz CT molecular complexity index is 1980. The molecule has 5 rings (SSSR count). The number of phenolic OH excluding ortho intramolecular Hbond substituents is 1. The fourth-order valence-corrected chi connectivity index (χ4v) is 5.60. The molecule has 0 saturated carbocycles. The third-order valence-electron chi connectivity index (χ3n) is 8.15. The van der Waals surface area contributed by atoms with Crippen LogP contribution < -0.4 is 20.4 Å². The van der Waals surface area contributed by atoms with E-state index in [0.29, 0.717) is 53.4 Å². The summed E-state index contributed by atoms with van der Waals surface area (Å²) in [6, 6.07) is 22.1. The molecule has 3 aromatic carbocycles. The van der Waals surface area contributed by atoms with E-state index in [4.69, 9.17) is 14.9 Å². The zero-order valence-corrected chi connectivity index (χ0v) is 26.3. The number of aromatic nitrogens is 1. The van der Waals surface area contributed by atoms with Gasteiger partial charge in [0, 0.05) is 36.8 Å². The first-order valence-electron chi connectivity index (χ1n) is 15.1. The van der Waals surface area contributed by atoms with Crippen molar-refractivity contribution in [3.63, 3.8) is 0 Å². The van der Waals surface area contributed by atoms with Crippen LogP contribution in [0.4, 0.5) is 10.2 Å². The van der Waals surface area contributed by atoms with Crippen LogP contribution in [0.2, 0.25) is 0 Å². The molecule has 1 saturated heterocycles. The highest BCUT2D eigenvalue weighted by atomic mass is 19.1. The Morgan fingerprint density at radius 3 is 2.37 bits per heavy atom. The first-order valence-corrected chi connectivity index (χ1v) is 15.1. The molecule has 4 N–H and O–H groups in total. The lowest BCUT2D eigenvalue weighted by Gasteiger charge is -2.34. The number of carbonyl (C=O) groups is 2. The van der Waals surface area contributed by atoms with Crippen LogP contribution in [0.15, 0.2) is 72.5 Å². The molecule has 0 unspecified atom stereocenters. The standard InChI is InChI=1S/C36H31FN6O6/c1-48-31-9-8-24(16-30(31)45)34-27(19-39)17-33(41-35(34)25-6-7-26(18-38)29(37)15-25)43-12-10-28(11-13-43)40-20-23-4-2-22(3-5-23)14-32(49-21-44)36(46)42-47/h2-9,14-17,21,28,40,45,47H,10-13,20H2,1H3,(H,42,46)/b32-14+. The number of nitriles is 2. The Morgan fingerprint density at radius 1 is 1.04 bits per heavy atom. The SMILES string of the molecule is COc1ccc(-c2c(C#N)cc(N3CCC(NCc4ccc(/C=C(/OC=O)C(=O)NO)cc4)CC3)nc2-c2ccc(C#N)c(F)c2)cc1O. The quantitative estimate of drug-likeness (QED) is 0.0570. The predicted molar refractivity (Wildman–Crippen MR) is 176 cm³/mol. The van der Waals surface area contributed by atoms with Gasteiger partial charge in [0.25, 0.3) is 6.47 Å². The number of hydrogen-bond acceptors (Lipinski definition) is 11. The molecule has 0 spiro atoms. The van der Waals surface area contributed by atoms with Gasteiger partial charge in [-0.15, -0.1) is 0 Å². The van der Waals surface area contributed by atoms with E-state index in [9.17, 15) is 29.6 Å². The highest BCUT2D eigenvalue weighted by Crippen LogP contribution is 2.40. The molecule has 0 bridgehead atoms. The molecule has 49 heavy (non-hydrogen) atoms. The van der Waals surface area contributed by atoms with Gasteiger partial charge in [-0.3, -0.25) is 14.8 Å². The van der Waals surface area contributed by atoms with Crippen molar-refractivity contribution >= 4 is 24.3 Å². The van der Waals surface area contributed by atoms with Gasteiger partial charge in [0.2, 0.25) is 0 Å². The van der Waals surface area contributed by atoms with E-state index in [1.54, 1.807) is 36.4 Å². The highest BCUT2D eigenvalue weighted by molar-refractivity contribution is 5.96. The monoisotopic (exact) mass is 662 g/mol. The van der Waals surface area contributed by atoms with Crippen LogP contribution in [-0.2, 0) is 20.9 Å². The Balaban J connectivity index is 1.34. The average molecular weight is 663 g/mol. The van der Waals surface area contributed by atoms with Gasteiger partial charge in [-0.25, -0.2) is 14.9 Å². The second kappa shape index (κ2) is 15.5. The number of aromatic hydroxyl groups is 1. The maximum absolute atomic E-state index is 14.8. The topological polar surface area (TPSA) is 181 Å². The number of phenols is 1. The second-order valence-corrected chi connectivity index (χ2v) is 11.1. The van der Waals surface area contributed by atoms with Gasteiger partial charge in [-0.05, 0) is 65.9 Å². The third-order valence-corrected chi connectivity index (χ3v) is 8.15. The molecule has 1 fully saturated rings. The molecule has 13 heteroatoms. The number of ether oxygens (including phenoxy) is 2. The van der Waals surface area contributed by atoms with E-state index >= 15 is 0 Å². The van der Waals surface area contributed by atoms with E-state index in [-0.39, 0.29) is 40.9 Å². The van der Waals surface area contributed by atoms with E-state index in [1.807, 2.05) is 18.2 Å². The number of piperidine rings is 1. The van der Waals surface area contributed by atoms with Gasteiger partial charge in [0.1, 0.15) is 17.7 Å². The smallest absolute Gasteiger partial charge is 0.310 e. The number of halogens is 1. The number of nitrogens with zero attached hydrogens (tertiary/aromatic N) is 4. The molecule has 1 aliphatic rings. The predicted octanol–water partition coefficient (Wildman–Crippen LogP) is 4.79. The molecule has 0 radical (unpaired) electrons. The van der Waals surface area contributed by atoms with Crippen molar-refractivity contribution in [1.29, 1.82) is 10.5 Å². The summed E-state index contributed by atoms with van der Waals surface area (Å²) in [5.41, 5.74) is 4.81. The van der Waals surface area contributed by atoms with Crippen molar-refractivity contribution in [1.82, 2.24) is 15.8 Å². The molecule has 0 atom stereocenters. The van der Waals surface area contributed by atoms with Crippen molar-refractivity contribution in [2.45, 2.75) is 25.4 Å². The molecule has 1 aromatic heterocycles. The molecule has 2 heterocycles. The third kappa shape index (κ3) is 7.82. The first kappa shape index (κ1) is 34.1. The molecule has 248 valence electrons. The number of benzene rings is 3. The lowest BCUT2D eigenvalue weighted by atomic mass is 9.93. The molecule has 0 aliphatic carbocycles. The zero-order valence-electron chi connectivity index (χ0n) is 26.3. The van der Waals surface area contributed by atoms with Gasteiger partial charge in [0.05, 0.1) is 30.0 Å². The van der Waals surface area contributed by atoms with Crippen molar-refractivity contribution < 1.29 is 33.8 Å². The Kier molecular flexibility index (Phi) is 10.8. The largest absolute Gasteiger partial charge is 0.504 e. The number of hydrogen-bond donors (Lipinski definition) is 4. The minimum absolute atomic E-state index is 0.0998. The fourth-order valence-electron chi connectivity index (χ4n) is 5.60. The Hall–Kier alpha value is -6.28. The van der Waals surface area contributed by atoms with Gasteiger partial charge in [0.15, 0.2) is 17.3 Å². The number of pyridine rings is 1. The lowest BCUT2D eigenvalue weighted by Crippen LogP contribution is -2.42. The minimum atomic E-state index is -0.948. The van der Waals surface area contributed by atoms with Crippen LogP contribution in [0, 0.1) is 28.5 Å². The van der Waals surface area contributed by atoms with Gasteiger partial charge < -0.3 is 24.8 Å². The number of nitrogens with one attached hydrogen (secondary N) is 2. The maximum atomic E-state index is 14.8. The zero-order chi connectivity index (χ0) is 34.9. The summed E-state index contributed by atoms with van der Waals surface area (Å²) in [4.78, 5) is 29.3. The summed E-state index contributed by atoms with van der Waals surface area (Å²) in [5.74, 6) is -1.33. The molecule has 4 aromatic rings. The van der Waals surface area contributed by atoms with E-state index in [2.05, 4.69) is 21.0 Å². The second-order valence-electron chi connectivity index (χ2n) is 11.1. The average Bonchev–Trinajstić information content (AvgIpc) is 3.13. The highest BCUT2D eigenvalue weighted by Gasteiger charge is 2.24. The van der Waals surface area contributed by atoms with Crippen LogP contribution in [0.1, 0.15) is 35.1 Å². The maximum Gasteiger partial charge on any atom is 0.310 e. The summed E-state index contributed by atoms with van der Waals surface area (Å²) >= 11 is 0. The van der Waals surface area contributed by atoms with Crippen LogP contribution >= 0.6 is 0 Å². The van der Waals surface area contributed by atoms with Crippen LogP contribution in [-0.4, -0.2) is 53.9 Å². The van der Waals surface area contributed by atoms with Crippen molar-refractivity contribution in [2.24, 2.45) is 0 Å². The molecule has 1 aliphatic heterocycles. The van der Waals surface area contributed by atoms with Crippen molar-refractivity contribution in [3.05, 3.63) is 101 Å². The summed E-state index contributed by atoms with van der Waals surface area (Å²) in [7, 11) is 1.43. The molecule has 1 amide bonds. The van der Waals surface area contributed by atoms with Crippen LogP contribution in [0.25, 0.3) is 28.5 Å². The first-order chi connectivity index (χ1) is 23.8. The molecular formula is C36H31FN6O6. The van der Waals surface area contributed by atoms with Gasteiger partial charge >= 0.3 is 5.91 Å². The normalized spacial score (nSPS) is 13.2. The van der Waals surface area contributed by atoms with E-state index < -0.39 is 11.7 Å². The molecular weight excluding hydrogens is 631 g/mol. The van der Waals surface area contributed by atoms with E-state index in [1.165, 1.54) is 36.9 Å². The number of hydroxylamine groups is 1. The van der Waals surface area contributed by atoms with Crippen LogP contribution in [0.3, 0.4) is 0 Å². The summed E-state index contributed by atoms with van der Waals surface area (Å²) < 4.78 is 24.6. The summed E-state index contributed by atoms with van der Waals surface area (Å²) in [5, 5.41) is 42.4. The fraction of sp³-hybridized carbons (Fsp3) is 0.194. The number of carbonyl (C=O) groups excluding carboxylic acids is 2. The van der Waals surface area contributed by atoms with Crippen molar-refractivity contribution in [2.75, 3.05) is 25.1 Å². The van der Waals surface area contributed by atoms with Crippen LogP contribution in [0.5, 0.6) is 11.5 Å². The number of rotatable bonds is 11. The number of methoxy groups -OCH3 is 1. The lowest BCUT2D eigenvalue weighted by molar-refractivity contribution is -0.135. The van der Waals surface area contributed by atoms with Crippen molar-refractivity contribution in [3.8, 4) is 46.0 Å². The van der Waals surface area contributed by atoms with Gasteiger partial charge in [-0.2, -0.15) is 10.5 Å². The Labute approximate surface area is 281 Å². The Morgan fingerprint density at radius 2 is 1.76 bits per heavy atom. The van der Waals surface area contributed by atoms with Gasteiger partial charge in [-0.1, -0.05) is 36.4 Å². The number of amides is 1. The summed E-state index contributed by atoms with van der Waals surface area (Å²) in [6.07, 6.45) is 2.89. The summed E-state index contributed by atoms with van der Waals surface area (Å²) in [6.45, 7) is 1.95. The van der Waals surface area contributed by atoms with E-state index in [0.717, 1.165) is 18.4 Å². The minimum Gasteiger partial charge on any atom is -0.504 e. The number of anilines is 1. The molecule has 12 nitrogen and oxygen atoms in total.